The molecule has 168 valence electrons. The van der Waals surface area contributed by atoms with Crippen molar-refractivity contribution < 1.29 is 27.9 Å². The fraction of sp³-hybridized carbons (Fsp3) is 0.348. The molecular formula is C23H23F2N3O4. The van der Waals surface area contributed by atoms with E-state index in [1.807, 2.05) is 12.1 Å². The lowest BCUT2D eigenvalue weighted by atomic mass is 9.91. The van der Waals surface area contributed by atoms with E-state index in [-0.39, 0.29) is 11.6 Å². The molecule has 1 N–H and O–H groups in total. The summed E-state index contributed by atoms with van der Waals surface area (Å²) in [5.41, 5.74) is -1.21. The summed E-state index contributed by atoms with van der Waals surface area (Å²) < 4.78 is 33.2. The number of ether oxygens (including phenoxy) is 1. The van der Waals surface area contributed by atoms with E-state index in [0.717, 1.165) is 41.5 Å². The summed E-state index contributed by atoms with van der Waals surface area (Å²) in [4.78, 5) is 41.0. The van der Waals surface area contributed by atoms with E-state index in [4.69, 9.17) is 4.74 Å². The van der Waals surface area contributed by atoms with Gasteiger partial charge in [-0.1, -0.05) is 12.1 Å². The molecule has 2 aromatic carbocycles. The highest BCUT2D eigenvalue weighted by Gasteiger charge is 2.51. The van der Waals surface area contributed by atoms with Gasteiger partial charge in [0.2, 0.25) is 5.91 Å². The van der Waals surface area contributed by atoms with E-state index >= 15 is 0 Å². The minimum absolute atomic E-state index is 0.0393. The molecule has 0 radical (unpaired) electrons. The Morgan fingerprint density at radius 3 is 2.50 bits per heavy atom. The third-order valence-corrected chi connectivity index (χ3v) is 5.86. The third-order valence-electron chi connectivity index (χ3n) is 5.86. The van der Waals surface area contributed by atoms with E-state index in [0.29, 0.717) is 12.3 Å². The van der Waals surface area contributed by atoms with Gasteiger partial charge in [-0.15, -0.1) is 0 Å². The van der Waals surface area contributed by atoms with Gasteiger partial charge in [-0.25, -0.2) is 13.6 Å². The number of benzene rings is 2. The second-order valence-electron chi connectivity index (χ2n) is 8.17. The number of methoxy groups -OCH3 is 1. The van der Waals surface area contributed by atoms with Crippen LogP contribution in [0.25, 0.3) is 0 Å². The summed E-state index contributed by atoms with van der Waals surface area (Å²) in [7, 11) is 1.57. The van der Waals surface area contributed by atoms with E-state index in [1.165, 1.54) is 6.92 Å². The zero-order valence-corrected chi connectivity index (χ0v) is 17.7. The average molecular weight is 443 g/mol. The highest BCUT2D eigenvalue weighted by molar-refractivity contribution is 6.09. The first-order valence-corrected chi connectivity index (χ1v) is 10.2. The summed E-state index contributed by atoms with van der Waals surface area (Å²) in [6.07, 6.45) is 1.68. The lowest BCUT2D eigenvalue weighted by Crippen LogP contribution is -2.45. The van der Waals surface area contributed by atoms with Crippen molar-refractivity contribution in [3.05, 3.63) is 65.2 Å². The standard InChI is InChI=1S/C23H23F2N3O4/c1-23(18-11-15(24)5-10-19(18)25)21(30)28(22(31)26-23)13-20(29)27(16-6-7-16)12-14-3-8-17(32-2)9-4-14/h3-5,8-11,16H,6-7,12-13H2,1-2H3,(H,26,31). The molecule has 1 heterocycles. The average Bonchev–Trinajstić information content (AvgIpc) is 3.59. The van der Waals surface area contributed by atoms with E-state index in [9.17, 15) is 23.2 Å². The molecular weight excluding hydrogens is 420 g/mol. The Hall–Kier alpha value is -3.49. The molecule has 1 aliphatic carbocycles. The molecule has 32 heavy (non-hydrogen) atoms. The molecule has 1 saturated carbocycles. The molecule has 1 unspecified atom stereocenters. The Kier molecular flexibility index (Phi) is 5.58. The van der Waals surface area contributed by atoms with Gasteiger partial charge in [0.05, 0.1) is 7.11 Å². The van der Waals surface area contributed by atoms with Gasteiger partial charge in [-0.3, -0.25) is 14.5 Å². The maximum absolute atomic E-state index is 14.3. The van der Waals surface area contributed by atoms with Crippen molar-refractivity contribution in [3.8, 4) is 5.75 Å². The van der Waals surface area contributed by atoms with E-state index in [2.05, 4.69) is 5.32 Å². The second-order valence-corrected chi connectivity index (χ2v) is 8.17. The molecule has 1 saturated heterocycles. The number of imide groups is 1. The van der Waals surface area contributed by atoms with Crippen LogP contribution in [0.3, 0.4) is 0 Å². The van der Waals surface area contributed by atoms with Crippen molar-refractivity contribution in [3.63, 3.8) is 0 Å². The van der Waals surface area contributed by atoms with Crippen LogP contribution >= 0.6 is 0 Å². The molecule has 0 spiro atoms. The normalized spacial score (nSPS) is 20.3. The fourth-order valence-electron chi connectivity index (χ4n) is 3.86. The van der Waals surface area contributed by atoms with Crippen LogP contribution in [0.4, 0.5) is 13.6 Å². The smallest absolute Gasteiger partial charge is 0.325 e. The zero-order chi connectivity index (χ0) is 23.0. The molecule has 4 amide bonds. The van der Waals surface area contributed by atoms with Gasteiger partial charge in [-0.2, -0.15) is 0 Å². The Morgan fingerprint density at radius 1 is 1.19 bits per heavy atom. The van der Waals surface area contributed by atoms with Gasteiger partial charge < -0.3 is 15.0 Å². The largest absolute Gasteiger partial charge is 0.497 e. The van der Waals surface area contributed by atoms with Crippen molar-refractivity contribution in [2.75, 3.05) is 13.7 Å². The van der Waals surface area contributed by atoms with Gasteiger partial charge in [0, 0.05) is 18.2 Å². The van der Waals surface area contributed by atoms with Gasteiger partial charge in [-0.05, 0) is 55.7 Å². The Morgan fingerprint density at radius 2 is 1.88 bits per heavy atom. The number of amides is 4. The summed E-state index contributed by atoms with van der Waals surface area (Å²) in [6, 6.07) is 9.19. The predicted molar refractivity (Wildman–Crippen MR) is 111 cm³/mol. The number of rotatable bonds is 7. The number of urea groups is 1. The maximum atomic E-state index is 14.3. The first kappa shape index (κ1) is 21.7. The molecule has 1 aliphatic heterocycles. The SMILES string of the molecule is COc1ccc(CN(C(=O)CN2C(=O)NC(C)(c3cc(F)ccc3F)C2=O)C2CC2)cc1. The van der Waals surface area contributed by atoms with E-state index in [1.54, 1.807) is 24.1 Å². The Bertz CT molecular complexity index is 1070. The van der Waals surface area contributed by atoms with Crippen molar-refractivity contribution >= 4 is 17.8 Å². The quantitative estimate of drug-likeness (QED) is 0.668. The lowest BCUT2D eigenvalue weighted by molar-refractivity contribution is -0.139. The highest BCUT2D eigenvalue weighted by atomic mass is 19.1. The first-order chi connectivity index (χ1) is 15.2. The molecule has 2 aliphatic rings. The van der Waals surface area contributed by atoms with Crippen molar-refractivity contribution in [1.82, 2.24) is 15.1 Å². The molecule has 9 heteroatoms. The lowest BCUT2D eigenvalue weighted by Gasteiger charge is -2.26. The maximum Gasteiger partial charge on any atom is 0.325 e. The van der Waals surface area contributed by atoms with Crippen molar-refractivity contribution in [1.29, 1.82) is 0 Å². The van der Waals surface area contributed by atoms with Gasteiger partial charge in [0.25, 0.3) is 5.91 Å². The zero-order valence-electron chi connectivity index (χ0n) is 17.7. The van der Waals surface area contributed by atoms with Crippen LogP contribution in [-0.4, -0.2) is 47.3 Å². The van der Waals surface area contributed by atoms with Crippen LogP contribution in [-0.2, 0) is 21.7 Å². The number of nitrogens with one attached hydrogen (secondary N) is 1. The topological polar surface area (TPSA) is 79.0 Å². The molecule has 2 fully saturated rings. The summed E-state index contributed by atoms with van der Waals surface area (Å²) >= 11 is 0. The number of halogens is 2. The Balaban J connectivity index is 1.51. The molecule has 1 atom stereocenters. The van der Waals surface area contributed by atoms with E-state index < -0.39 is 41.6 Å². The van der Waals surface area contributed by atoms with Crippen LogP contribution in [0, 0.1) is 11.6 Å². The number of hydrogen-bond donors (Lipinski definition) is 1. The van der Waals surface area contributed by atoms with Crippen molar-refractivity contribution in [2.45, 2.75) is 37.9 Å². The minimum Gasteiger partial charge on any atom is -0.497 e. The molecule has 4 rings (SSSR count). The summed E-state index contributed by atoms with van der Waals surface area (Å²) in [5, 5.41) is 2.41. The number of nitrogens with zero attached hydrogens (tertiary/aromatic N) is 2. The summed E-state index contributed by atoms with van der Waals surface area (Å²) in [6.45, 7) is 1.14. The van der Waals surface area contributed by atoms with Crippen LogP contribution in [0.1, 0.15) is 30.9 Å². The summed E-state index contributed by atoms with van der Waals surface area (Å²) in [5.74, 6) is -2.06. The molecule has 7 nitrogen and oxygen atoms in total. The monoisotopic (exact) mass is 443 g/mol. The van der Waals surface area contributed by atoms with Crippen LogP contribution in [0.15, 0.2) is 42.5 Å². The number of carbonyl (C=O) groups is 3. The van der Waals surface area contributed by atoms with Gasteiger partial charge >= 0.3 is 6.03 Å². The minimum atomic E-state index is -1.80. The highest BCUT2D eigenvalue weighted by Crippen LogP contribution is 2.33. The van der Waals surface area contributed by atoms with Crippen LogP contribution in [0.5, 0.6) is 5.75 Å². The molecule has 0 bridgehead atoms. The number of carbonyl (C=O) groups excluding carboxylic acids is 3. The van der Waals surface area contributed by atoms with Crippen molar-refractivity contribution in [2.24, 2.45) is 0 Å². The fourth-order valence-corrected chi connectivity index (χ4v) is 3.86. The first-order valence-electron chi connectivity index (χ1n) is 10.2. The third kappa shape index (κ3) is 4.02. The van der Waals surface area contributed by atoms with Gasteiger partial charge in [0.15, 0.2) is 0 Å². The molecule has 2 aromatic rings. The Labute approximate surface area is 183 Å². The second kappa shape index (κ2) is 8.22. The van der Waals surface area contributed by atoms with Crippen LogP contribution in [0.2, 0.25) is 0 Å². The van der Waals surface area contributed by atoms with Gasteiger partial charge in [0.1, 0.15) is 29.5 Å². The number of hydrogen-bond acceptors (Lipinski definition) is 4. The molecule has 0 aromatic heterocycles. The predicted octanol–water partition coefficient (Wildman–Crippen LogP) is 2.93. The van der Waals surface area contributed by atoms with Crippen LogP contribution < -0.4 is 10.1 Å².